The molecule has 1 N–H and O–H groups in total. The molecule has 176 valence electrons. The molecule has 0 atom stereocenters. The first-order valence-electron chi connectivity index (χ1n) is 11.0. The summed E-state index contributed by atoms with van der Waals surface area (Å²) in [4.78, 5) is 28.9. The Hall–Kier alpha value is -3.70. The topological polar surface area (TPSA) is 94.9 Å². The lowest BCUT2D eigenvalue weighted by Gasteiger charge is -2.19. The van der Waals surface area contributed by atoms with Crippen LogP contribution in [0.1, 0.15) is 24.8 Å². The Morgan fingerprint density at radius 2 is 1.76 bits per heavy atom. The number of ketones is 1. The van der Waals surface area contributed by atoms with E-state index < -0.39 is 0 Å². The number of carbonyl (C=O) groups excluding carboxylic acids is 2. The second-order valence-corrected chi connectivity index (χ2v) is 8.48. The van der Waals surface area contributed by atoms with E-state index in [-0.39, 0.29) is 36.6 Å². The molecule has 9 heteroatoms. The number of amides is 1. The van der Waals surface area contributed by atoms with Gasteiger partial charge < -0.3 is 24.6 Å². The highest BCUT2D eigenvalue weighted by Crippen LogP contribution is 2.40. The number of nitrogens with zero attached hydrogens (tertiary/aromatic N) is 3. The molecule has 0 radical (unpaired) electrons. The number of benzene rings is 2. The largest absolute Gasteiger partial charge is 0.489 e. The van der Waals surface area contributed by atoms with Crippen LogP contribution < -0.4 is 24.6 Å². The number of Topliss-reactive ketones (excluding diaryl/α,β-unsaturated/α-hetero) is 1. The van der Waals surface area contributed by atoms with Crippen LogP contribution in [0.2, 0.25) is 5.02 Å². The van der Waals surface area contributed by atoms with Gasteiger partial charge >= 0.3 is 0 Å². The molecular weight excluding hydrogens is 456 g/mol. The van der Waals surface area contributed by atoms with Crippen molar-refractivity contribution < 1.29 is 19.1 Å². The number of ether oxygens (including phenoxy) is 2. The molecular formula is C25H25ClN4O4. The molecule has 8 nitrogen and oxygen atoms in total. The molecule has 0 bridgehead atoms. The molecule has 0 aliphatic carbocycles. The second kappa shape index (κ2) is 10.1. The Morgan fingerprint density at radius 1 is 1.09 bits per heavy atom. The van der Waals surface area contributed by atoms with Crippen LogP contribution in [-0.2, 0) is 16.1 Å². The van der Waals surface area contributed by atoms with Crippen molar-refractivity contribution in [2.45, 2.75) is 25.8 Å². The van der Waals surface area contributed by atoms with Crippen molar-refractivity contribution in [2.24, 2.45) is 0 Å². The van der Waals surface area contributed by atoms with Gasteiger partial charge in [-0.25, -0.2) is 0 Å². The molecule has 0 unspecified atom stereocenters. The third-order valence-corrected chi connectivity index (χ3v) is 6.07. The van der Waals surface area contributed by atoms with Crippen LogP contribution in [0.15, 0.2) is 47.8 Å². The SMILES string of the molecule is CN1C(=C(C#N)C(=O)CCC(=O)NCc2cc(Cl)c3c(c2)OCCCO3)N(C)c2ccccc21. The molecule has 4 rings (SSSR count). The van der Waals surface area contributed by atoms with Gasteiger partial charge in [-0.05, 0) is 29.8 Å². The molecule has 0 saturated carbocycles. The summed E-state index contributed by atoms with van der Waals surface area (Å²) in [7, 11) is 3.63. The van der Waals surface area contributed by atoms with Gasteiger partial charge in [0.15, 0.2) is 17.3 Å². The van der Waals surface area contributed by atoms with E-state index in [0.717, 1.165) is 23.4 Å². The smallest absolute Gasteiger partial charge is 0.220 e. The third-order valence-electron chi connectivity index (χ3n) is 5.78. The van der Waals surface area contributed by atoms with E-state index in [1.54, 1.807) is 12.1 Å². The van der Waals surface area contributed by atoms with E-state index in [1.807, 2.05) is 54.2 Å². The highest BCUT2D eigenvalue weighted by atomic mass is 35.5. The van der Waals surface area contributed by atoms with Crippen LogP contribution in [0.5, 0.6) is 11.5 Å². The quantitative estimate of drug-likeness (QED) is 0.496. The Labute approximate surface area is 203 Å². The molecule has 2 heterocycles. The molecule has 2 aromatic carbocycles. The monoisotopic (exact) mass is 480 g/mol. The molecule has 0 saturated heterocycles. The fourth-order valence-electron chi connectivity index (χ4n) is 4.08. The van der Waals surface area contributed by atoms with Gasteiger partial charge in [0.05, 0.1) is 29.6 Å². The van der Waals surface area contributed by atoms with Gasteiger partial charge in [0.2, 0.25) is 5.91 Å². The summed E-state index contributed by atoms with van der Waals surface area (Å²) >= 11 is 6.30. The Balaban J connectivity index is 1.37. The van der Waals surface area contributed by atoms with Crippen LogP contribution in [0.25, 0.3) is 0 Å². The van der Waals surface area contributed by atoms with Crippen LogP contribution in [-0.4, -0.2) is 39.0 Å². The number of para-hydroxylation sites is 2. The predicted molar refractivity (Wildman–Crippen MR) is 129 cm³/mol. The van der Waals surface area contributed by atoms with Crippen molar-refractivity contribution >= 4 is 34.7 Å². The molecule has 1 amide bonds. The van der Waals surface area contributed by atoms with Crippen molar-refractivity contribution in [2.75, 3.05) is 37.1 Å². The number of nitriles is 1. The number of anilines is 2. The van der Waals surface area contributed by atoms with Crippen molar-refractivity contribution in [3.8, 4) is 17.6 Å². The lowest BCUT2D eigenvalue weighted by molar-refractivity contribution is -0.124. The molecule has 2 aromatic rings. The summed E-state index contributed by atoms with van der Waals surface area (Å²) in [5, 5.41) is 12.9. The summed E-state index contributed by atoms with van der Waals surface area (Å²) in [5.74, 6) is 0.908. The minimum atomic E-state index is -0.377. The van der Waals surface area contributed by atoms with Gasteiger partial charge in [0.25, 0.3) is 0 Å². The summed E-state index contributed by atoms with van der Waals surface area (Å²) in [6, 6.07) is 13.2. The Bertz CT molecular complexity index is 1170. The zero-order chi connectivity index (χ0) is 24.2. The predicted octanol–water partition coefficient (Wildman–Crippen LogP) is 3.79. The average molecular weight is 481 g/mol. The molecule has 34 heavy (non-hydrogen) atoms. The van der Waals surface area contributed by atoms with Gasteiger partial charge in [-0.1, -0.05) is 23.7 Å². The summed E-state index contributed by atoms with van der Waals surface area (Å²) in [6.07, 6.45) is 0.664. The molecule has 0 aromatic heterocycles. The fraction of sp³-hybridized carbons (Fsp3) is 0.320. The van der Waals surface area contributed by atoms with E-state index in [1.165, 1.54) is 0 Å². The van der Waals surface area contributed by atoms with Gasteiger partial charge in [-0.3, -0.25) is 9.59 Å². The lowest BCUT2D eigenvalue weighted by atomic mass is 10.1. The first-order valence-corrected chi connectivity index (χ1v) is 11.4. The second-order valence-electron chi connectivity index (χ2n) is 8.07. The van der Waals surface area contributed by atoms with Crippen molar-refractivity contribution in [3.63, 3.8) is 0 Å². The maximum atomic E-state index is 12.9. The number of halogens is 1. The van der Waals surface area contributed by atoms with Gasteiger partial charge in [-0.15, -0.1) is 0 Å². The zero-order valence-electron chi connectivity index (χ0n) is 19.1. The van der Waals surface area contributed by atoms with Gasteiger partial charge in [0.1, 0.15) is 17.5 Å². The van der Waals surface area contributed by atoms with Crippen molar-refractivity contribution in [1.29, 1.82) is 5.26 Å². The minimum absolute atomic E-state index is 0.0312. The number of carbonyl (C=O) groups is 2. The minimum Gasteiger partial charge on any atom is -0.489 e. The van der Waals surface area contributed by atoms with Crippen LogP contribution in [0.3, 0.4) is 0 Å². The molecule has 2 aliphatic rings. The average Bonchev–Trinajstić information content (AvgIpc) is 2.99. The fourth-order valence-corrected chi connectivity index (χ4v) is 4.37. The molecule has 0 spiro atoms. The Morgan fingerprint density at radius 3 is 2.44 bits per heavy atom. The maximum absolute atomic E-state index is 12.9. The number of allylic oxidation sites excluding steroid dienone is 1. The summed E-state index contributed by atoms with van der Waals surface area (Å²) < 4.78 is 11.3. The molecule has 0 fully saturated rings. The van der Waals surface area contributed by atoms with Crippen LogP contribution >= 0.6 is 11.6 Å². The van der Waals surface area contributed by atoms with E-state index in [9.17, 15) is 14.9 Å². The highest BCUT2D eigenvalue weighted by Gasteiger charge is 2.31. The number of fused-ring (bicyclic) bond motifs is 2. The number of nitrogens with one attached hydrogen (secondary N) is 1. The number of hydrogen-bond acceptors (Lipinski definition) is 7. The van der Waals surface area contributed by atoms with Gasteiger partial charge in [0, 0.05) is 39.9 Å². The van der Waals surface area contributed by atoms with E-state index in [4.69, 9.17) is 21.1 Å². The first kappa shape index (κ1) is 23.5. The number of rotatable bonds is 6. The highest BCUT2D eigenvalue weighted by molar-refractivity contribution is 6.32. The first-order chi connectivity index (χ1) is 16.4. The van der Waals surface area contributed by atoms with Crippen LogP contribution in [0.4, 0.5) is 11.4 Å². The van der Waals surface area contributed by atoms with Gasteiger partial charge in [-0.2, -0.15) is 5.26 Å². The summed E-state index contributed by atoms with van der Waals surface area (Å²) in [5.41, 5.74) is 2.61. The Kier molecular flexibility index (Phi) is 6.94. The van der Waals surface area contributed by atoms with E-state index >= 15 is 0 Å². The van der Waals surface area contributed by atoms with Crippen molar-refractivity contribution in [3.05, 3.63) is 58.4 Å². The summed E-state index contributed by atoms with van der Waals surface area (Å²) in [6.45, 7) is 1.30. The zero-order valence-corrected chi connectivity index (χ0v) is 19.8. The maximum Gasteiger partial charge on any atom is 0.220 e. The molecule has 2 aliphatic heterocycles. The number of hydrogen-bond donors (Lipinski definition) is 1. The van der Waals surface area contributed by atoms with Crippen molar-refractivity contribution in [1.82, 2.24) is 5.32 Å². The standard InChI is InChI=1S/C25H25ClN4O4/c1-29-19-6-3-4-7-20(19)30(2)25(29)17(14-27)21(31)8-9-23(32)28-15-16-12-18(26)24-22(13-16)33-10-5-11-34-24/h3-4,6-7,12-13H,5,8-11,15H2,1-2H3,(H,28,32). The van der Waals surface area contributed by atoms with E-state index in [2.05, 4.69) is 5.32 Å². The third kappa shape index (κ3) is 4.66. The normalized spacial score (nSPS) is 14.2. The lowest BCUT2D eigenvalue weighted by Crippen LogP contribution is -2.27. The van der Waals surface area contributed by atoms with Crippen LogP contribution in [0, 0.1) is 11.3 Å². The van der Waals surface area contributed by atoms with E-state index in [0.29, 0.717) is 35.6 Å².